The van der Waals surface area contributed by atoms with E-state index >= 15 is 0 Å². The number of hydrogen-bond acceptors (Lipinski definition) is 4. The molecule has 8 heteroatoms. The lowest BCUT2D eigenvalue weighted by atomic mass is 10.2. The molecule has 112 valence electrons. The van der Waals surface area contributed by atoms with Crippen molar-refractivity contribution in [1.29, 1.82) is 0 Å². The summed E-state index contributed by atoms with van der Waals surface area (Å²) in [6.45, 7) is 2.50. The summed E-state index contributed by atoms with van der Waals surface area (Å²) in [7, 11) is -3.90. The predicted octanol–water partition coefficient (Wildman–Crippen LogP) is 1.46. The van der Waals surface area contributed by atoms with Gasteiger partial charge in [0.2, 0.25) is 10.0 Å². The monoisotopic (exact) mass is 366 g/mol. The molecular formula is C12H16BrFN2O3S. The Morgan fingerprint density at radius 3 is 2.85 bits per heavy atom. The number of halogens is 2. The summed E-state index contributed by atoms with van der Waals surface area (Å²) in [6.07, 6.45) is 0. The molecule has 2 rings (SSSR count). The van der Waals surface area contributed by atoms with Crippen LogP contribution >= 0.6 is 15.9 Å². The Hall–Kier alpha value is -0.540. The van der Waals surface area contributed by atoms with Gasteiger partial charge in [0.05, 0.1) is 13.2 Å². The Labute approximate surface area is 126 Å². The fourth-order valence-electron chi connectivity index (χ4n) is 2.15. The molecular weight excluding hydrogens is 351 g/mol. The number of rotatable bonds is 3. The van der Waals surface area contributed by atoms with Gasteiger partial charge in [-0.3, -0.25) is 0 Å². The van der Waals surface area contributed by atoms with E-state index in [4.69, 9.17) is 10.5 Å². The van der Waals surface area contributed by atoms with Crippen LogP contribution in [-0.4, -0.2) is 38.5 Å². The minimum absolute atomic E-state index is 0.0630. The quantitative estimate of drug-likeness (QED) is 0.878. The molecule has 0 bridgehead atoms. The lowest BCUT2D eigenvalue weighted by molar-refractivity contribution is 0.0392. The third kappa shape index (κ3) is 2.89. The van der Waals surface area contributed by atoms with Crippen molar-refractivity contribution in [3.63, 3.8) is 0 Å². The summed E-state index contributed by atoms with van der Waals surface area (Å²) in [4.78, 5) is -0.346. The Morgan fingerprint density at radius 1 is 1.55 bits per heavy atom. The van der Waals surface area contributed by atoms with Gasteiger partial charge in [-0.25, -0.2) is 12.8 Å². The van der Waals surface area contributed by atoms with Crippen molar-refractivity contribution in [2.45, 2.75) is 24.4 Å². The van der Waals surface area contributed by atoms with E-state index in [1.54, 1.807) is 6.92 Å². The van der Waals surface area contributed by atoms with Gasteiger partial charge in [0.15, 0.2) is 0 Å². The van der Waals surface area contributed by atoms with Crippen molar-refractivity contribution in [1.82, 2.24) is 4.31 Å². The molecule has 1 unspecified atom stereocenters. The summed E-state index contributed by atoms with van der Waals surface area (Å²) in [6, 6.07) is 2.43. The molecule has 1 fully saturated rings. The first-order chi connectivity index (χ1) is 9.37. The second kappa shape index (κ2) is 6.07. The fraction of sp³-hybridized carbons (Fsp3) is 0.500. The van der Waals surface area contributed by atoms with Crippen LogP contribution in [0.4, 0.5) is 4.39 Å². The van der Waals surface area contributed by atoms with Gasteiger partial charge in [-0.05, 0) is 19.1 Å². The van der Waals surface area contributed by atoms with Crippen LogP contribution in [0.15, 0.2) is 21.5 Å². The van der Waals surface area contributed by atoms with Crippen molar-refractivity contribution in [3.8, 4) is 0 Å². The average molecular weight is 367 g/mol. The van der Waals surface area contributed by atoms with Gasteiger partial charge in [0, 0.05) is 29.2 Å². The Morgan fingerprint density at radius 2 is 2.25 bits per heavy atom. The smallest absolute Gasteiger partial charge is 0.246 e. The summed E-state index contributed by atoms with van der Waals surface area (Å²) in [5, 5.41) is 0. The van der Waals surface area contributed by atoms with E-state index in [1.165, 1.54) is 16.4 Å². The molecule has 20 heavy (non-hydrogen) atoms. The number of nitrogens with two attached hydrogens (primary N) is 1. The van der Waals surface area contributed by atoms with Crippen molar-refractivity contribution in [2.75, 3.05) is 19.8 Å². The first kappa shape index (κ1) is 15.8. The lowest BCUT2D eigenvalue weighted by Gasteiger charge is -2.32. The van der Waals surface area contributed by atoms with Gasteiger partial charge < -0.3 is 10.5 Å². The fourth-order valence-corrected chi connectivity index (χ4v) is 4.54. The highest BCUT2D eigenvalue weighted by Gasteiger charge is 2.34. The van der Waals surface area contributed by atoms with Gasteiger partial charge in [-0.2, -0.15) is 4.31 Å². The van der Waals surface area contributed by atoms with E-state index < -0.39 is 15.8 Å². The molecule has 1 heterocycles. The minimum Gasteiger partial charge on any atom is -0.378 e. The van der Waals surface area contributed by atoms with Gasteiger partial charge in [-0.15, -0.1) is 0 Å². The maximum atomic E-state index is 14.3. The summed E-state index contributed by atoms with van der Waals surface area (Å²) in [5.74, 6) is -0.783. The van der Waals surface area contributed by atoms with E-state index in [0.717, 1.165) is 0 Å². The van der Waals surface area contributed by atoms with Gasteiger partial charge in [-0.1, -0.05) is 15.9 Å². The second-order valence-corrected chi connectivity index (χ2v) is 7.40. The minimum atomic E-state index is -3.90. The Balaban J connectivity index is 2.51. The molecule has 1 aliphatic heterocycles. The van der Waals surface area contributed by atoms with Crippen LogP contribution in [0.3, 0.4) is 0 Å². The largest absolute Gasteiger partial charge is 0.378 e. The Bertz CT molecular complexity index is 609. The zero-order valence-corrected chi connectivity index (χ0v) is 13.4. The normalized spacial score (nSPS) is 21.1. The van der Waals surface area contributed by atoms with Crippen molar-refractivity contribution >= 4 is 26.0 Å². The van der Waals surface area contributed by atoms with Crippen molar-refractivity contribution < 1.29 is 17.5 Å². The molecule has 0 spiro atoms. The molecule has 1 atom stereocenters. The molecule has 0 saturated carbocycles. The molecule has 1 aromatic rings. The highest BCUT2D eigenvalue weighted by atomic mass is 79.9. The number of sulfonamides is 1. The third-order valence-corrected chi connectivity index (χ3v) is 5.66. The van der Waals surface area contributed by atoms with Crippen LogP contribution in [0.5, 0.6) is 0 Å². The maximum absolute atomic E-state index is 14.3. The Kier molecular flexibility index (Phi) is 4.80. The number of ether oxygens (including phenoxy) is 1. The highest BCUT2D eigenvalue weighted by molar-refractivity contribution is 9.10. The maximum Gasteiger partial charge on any atom is 0.246 e. The van der Waals surface area contributed by atoms with E-state index in [9.17, 15) is 12.8 Å². The second-order valence-electron chi connectivity index (χ2n) is 4.62. The molecule has 1 aromatic carbocycles. The van der Waals surface area contributed by atoms with Crippen LogP contribution in [-0.2, 0) is 21.3 Å². The average Bonchev–Trinajstić information content (AvgIpc) is 2.41. The summed E-state index contributed by atoms with van der Waals surface area (Å²) < 4.78 is 46.5. The first-order valence-electron chi connectivity index (χ1n) is 6.15. The topological polar surface area (TPSA) is 72.6 Å². The van der Waals surface area contributed by atoms with E-state index in [1.807, 2.05) is 0 Å². The standard InChI is InChI=1S/C12H16BrFN2O3S/c1-8-7-19-3-2-16(8)20(17,18)11-5-10(13)4-9(6-15)12(11)14/h4-5,8H,2-3,6-7,15H2,1H3. The number of nitrogens with zero attached hydrogens (tertiary/aromatic N) is 1. The predicted molar refractivity (Wildman–Crippen MR) is 76.2 cm³/mol. The number of benzene rings is 1. The summed E-state index contributed by atoms with van der Waals surface area (Å²) in [5.41, 5.74) is 5.61. The van der Waals surface area contributed by atoms with Crippen molar-refractivity contribution in [3.05, 3.63) is 28.0 Å². The van der Waals surface area contributed by atoms with E-state index in [0.29, 0.717) is 17.7 Å². The molecule has 0 radical (unpaired) electrons. The molecule has 1 saturated heterocycles. The molecule has 0 amide bonds. The zero-order valence-electron chi connectivity index (χ0n) is 11.0. The number of hydrogen-bond donors (Lipinski definition) is 1. The molecule has 0 aromatic heterocycles. The molecule has 2 N–H and O–H groups in total. The van der Waals surface area contributed by atoms with E-state index in [-0.39, 0.29) is 29.6 Å². The van der Waals surface area contributed by atoms with Crippen LogP contribution in [0.1, 0.15) is 12.5 Å². The highest BCUT2D eigenvalue weighted by Crippen LogP contribution is 2.28. The van der Waals surface area contributed by atoms with Crippen LogP contribution in [0.25, 0.3) is 0 Å². The molecule has 5 nitrogen and oxygen atoms in total. The van der Waals surface area contributed by atoms with Crippen LogP contribution in [0.2, 0.25) is 0 Å². The van der Waals surface area contributed by atoms with Crippen LogP contribution < -0.4 is 5.73 Å². The summed E-state index contributed by atoms with van der Waals surface area (Å²) >= 11 is 3.19. The number of morpholine rings is 1. The van der Waals surface area contributed by atoms with Gasteiger partial charge >= 0.3 is 0 Å². The first-order valence-corrected chi connectivity index (χ1v) is 8.38. The van der Waals surface area contributed by atoms with Gasteiger partial charge in [0.1, 0.15) is 10.7 Å². The van der Waals surface area contributed by atoms with E-state index in [2.05, 4.69) is 15.9 Å². The third-order valence-electron chi connectivity index (χ3n) is 3.19. The zero-order chi connectivity index (χ0) is 14.9. The van der Waals surface area contributed by atoms with Gasteiger partial charge in [0.25, 0.3) is 0 Å². The lowest BCUT2D eigenvalue weighted by Crippen LogP contribution is -2.47. The van der Waals surface area contributed by atoms with Crippen molar-refractivity contribution in [2.24, 2.45) is 5.73 Å². The van der Waals surface area contributed by atoms with Crippen LogP contribution in [0, 0.1) is 5.82 Å². The molecule has 1 aliphatic rings. The SMILES string of the molecule is CC1COCCN1S(=O)(=O)c1cc(Br)cc(CN)c1F. The molecule has 0 aliphatic carbocycles.